The molecule has 1 saturated heterocycles. The third-order valence-corrected chi connectivity index (χ3v) is 2.52. The van der Waals surface area contributed by atoms with E-state index in [2.05, 4.69) is 5.32 Å². The number of halogens is 1. The van der Waals surface area contributed by atoms with Crippen LogP contribution in [-0.4, -0.2) is 19.4 Å². The molecule has 0 radical (unpaired) electrons. The van der Waals surface area contributed by atoms with E-state index in [1.807, 2.05) is 24.3 Å². The van der Waals surface area contributed by atoms with E-state index in [0.717, 1.165) is 30.2 Å². The van der Waals surface area contributed by atoms with Gasteiger partial charge in [0, 0.05) is 18.0 Å². The monoisotopic (exact) mass is 197 g/mol. The van der Waals surface area contributed by atoms with Crippen LogP contribution in [0.4, 0.5) is 0 Å². The molecule has 1 aromatic rings. The van der Waals surface area contributed by atoms with Gasteiger partial charge in [-0.3, -0.25) is 5.32 Å². The molecule has 1 aliphatic heterocycles. The molecule has 3 heteroatoms. The summed E-state index contributed by atoms with van der Waals surface area (Å²) in [6, 6.07) is 7.88. The van der Waals surface area contributed by atoms with E-state index in [0.29, 0.717) is 0 Å². The third-order valence-electron chi connectivity index (χ3n) is 2.16. The number of hydrogen-bond donors (Lipinski definition) is 1. The van der Waals surface area contributed by atoms with Crippen LogP contribution in [0, 0.1) is 0 Å². The van der Waals surface area contributed by atoms with Crippen molar-refractivity contribution in [1.82, 2.24) is 5.32 Å². The first-order valence-corrected chi connectivity index (χ1v) is 4.82. The van der Waals surface area contributed by atoms with E-state index >= 15 is 0 Å². The molecule has 13 heavy (non-hydrogen) atoms. The van der Waals surface area contributed by atoms with Gasteiger partial charge >= 0.3 is 0 Å². The van der Waals surface area contributed by atoms with Crippen molar-refractivity contribution in [2.75, 3.05) is 13.2 Å². The van der Waals surface area contributed by atoms with Crippen molar-refractivity contribution in [2.45, 2.75) is 12.6 Å². The lowest BCUT2D eigenvalue weighted by Gasteiger charge is -2.10. The van der Waals surface area contributed by atoms with Crippen molar-refractivity contribution < 1.29 is 4.74 Å². The molecule has 0 amide bonds. The molecular formula is C10H12ClNO. The lowest BCUT2D eigenvalue weighted by Crippen LogP contribution is -2.24. The summed E-state index contributed by atoms with van der Waals surface area (Å²) in [6.45, 7) is 1.74. The second-order valence-electron chi connectivity index (χ2n) is 3.11. The molecule has 70 valence electrons. The number of ether oxygens (including phenoxy) is 1. The minimum absolute atomic E-state index is 0.139. The van der Waals surface area contributed by atoms with Crippen molar-refractivity contribution in [2.24, 2.45) is 0 Å². The van der Waals surface area contributed by atoms with Crippen molar-refractivity contribution in [1.29, 1.82) is 0 Å². The average molecular weight is 198 g/mol. The van der Waals surface area contributed by atoms with Crippen LogP contribution in [0.1, 0.15) is 5.56 Å². The van der Waals surface area contributed by atoms with Gasteiger partial charge in [0.2, 0.25) is 0 Å². The summed E-state index contributed by atoms with van der Waals surface area (Å²) < 4.78 is 5.44. The smallest absolute Gasteiger partial charge is 0.112 e. The Hall–Kier alpha value is -0.570. The van der Waals surface area contributed by atoms with Gasteiger partial charge in [0.25, 0.3) is 0 Å². The molecule has 0 bridgehead atoms. The summed E-state index contributed by atoms with van der Waals surface area (Å²) in [4.78, 5) is 0. The van der Waals surface area contributed by atoms with Crippen LogP contribution >= 0.6 is 11.6 Å². The van der Waals surface area contributed by atoms with Gasteiger partial charge in [-0.1, -0.05) is 29.8 Å². The summed E-state index contributed by atoms with van der Waals surface area (Å²) in [7, 11) is 0. The van der Waals surface area contributed by atoms with Crippen LogP contribution in [0.15, 0.2) is 24.3 Å². The average Bonchev–Trinajstić information content (AvgIpc) is 2.61. The van der Waals surface area contributed by atoms with Gasteiger partial charge in [-0.05, 0) is 11.6 Å². The molecule has 2 rings (SSSR count). The van der Waals surface area contributed by atoms with Gasteiger partial charge in [0.15, 0.2) is 0 Å². The lowest BCUT2D eigenvalue weighted by atomic mass is 10.1. The van der Waals surface area contributed by atoms with Gasteiger partial charge < -0.3 is 4.74 Å². The van der Waals surface area contributed by atoms with Crippen molar-refractivity contribution in [3.8, 4) is 0 Å². The van der Waals surface area contributed by atoms with Crippen LogP contribution in [-0.2, 0) is 11.2 Å². The van der Waals surface area contributed by atoms with Crippen LogP contribution in [0.3, 0.4) is 0 Å². The molecule has 0 aromatic heterocycles. The van der Waals surface area contributed by atoms with E-state index in [4.69, 9.17) is 16.3 Å². The molecule has 1 N–H and O–H groups in total. The van der Waals surface area contributed by atoms with Gasteiger partial charge in [-0.25, -0.2) is 0 Å². The fourth-order valence-electron chi connectivity index (χ4n) is 1.47. The Morgan fingerprint density at radius 1 is 1.46 bits per heavy atom. The first-order valence-electron chi connectivity index (χ1n) is 4.44. The molecule has 0 spiro atoms. The molecule has 0 aliphatic carbocycles. The van der Waals surface area contributed by atoms with Crippen LogP contribution < -0.4 is 5.32 Å². The maximum atomic E-state index is 6.02. The Labute approximate surface area is 82.9 Å². The topological polar surface area (TPSA) is 21.3 Å². The molecule has 1 atom stereocenters. The quantitative estimate of drug-likeness (QED) is 0.781. The van der Waals surface area contributed by atoms with Gasteiger partial charge in [0.1, 0.15) is 6.23 Å². The maximum Gasteiger partial charge on any atom is 0.112 e. The summed E-state index contributed by atoms with van der Waals surface area (Å²) in [5, 5.41) is 4.07. The fraction of sp³-hybridized carbons (Fsp3) is 0.400. The Balaban J connectivity index is 2.04. The minimum atomic E-state index is 0.139. The summed E-state index contributed by atoms with van der Waals surface area (Å²) in [6.07, 6.45) is 0.986. The van der Waals surface area contributed by atoms with E-state index in [9.17, 15) is 0 Å². The van der Waals surface area contributed by atoms with Crippen LogP contribution in [0.5, 0.6) is 0 Å². The third kappa shape index (κ3) is 2.21. The SMILES string of the molecule is Clc1ccccc1CC1NCCO1. The first kappa shape index (κ1) is 9.00. The fourth-order valence-corrected chi connectivity index (χ4v) is 1.69. The summed E-state index contributed by atoms with van der Waals surface area (Å²) in [5.74, 6) is 0. The Morgan fingerprint density at radius 2 is 2.31 bits per heavy atom. The highest BCUT2D eigenvalue weighted by Crippen LogP contribution is 2.17. The molecule has 1 heterocycles. The number of rotatable bonds is 2. The van der Waals surface area contributed by atoms with Crippen molar-refractivity contribution in [3.63, 3.8) is 0 Å². The zero-order chi connectivity index (χ0) is 9.10. The standard InChI is InChI=1S/C10H12ClNO/c11-9-4-2-1-3-8(9)7-10-12-5-6-13-10/h1-4,10,12H,5-7H2. The van der Waals surface area contributed by atoms with Crippen molar-refractivity contribution in [3.05, 3.63) is 34.9 Å². The second-order valence-corrected chi connectivity index (χ2v) is 3.52. The largest absolute Gasteiger partial charge is 0.362 e. The van der Waals surface area contributed by atoms with E-state index in [-0.39, 0.29) is 6.23 Å². The zero-order valence-electron chi connectivity index (χ0n) is 7.29. The highest BCUT2D eigenvalue weighted by atomic mass is 35.5. The summed E-state index contributed by atoms with van der Waals surface area (Å²) in [5.41, 5.74) is 1.14. The summed E-state index contributed by atoms with van der Waals surface area (Å²) >= 11 is 6.02. The number of benzene rings is 1. The zero-order valence-corrected chi connectivity index (χ0v) is 8.05. The van der Waals surface area contributed by atoms with Gasteiger partial charge in [-0.15, -0.1) is 0 Å². The van der Waals surface area contributed by atoms with Gasteiger partial charge in [-0.2, -0.15) is 0 Å². The molecular weight excluding hydrogens is 186 g/mol. The van der Waals surface area contributed by atoms with E-state index in [1.165, 1.54) is 0 Å². The minimum Gasteiger partial charge on any atom is -0.362 e. The van der Waals surface area contributed by atoms with Gasteiger partial charge in [0.05, 0.1) is 6.61 Å². The molecule has 0 saturated carbocycles. The maximum absolute atomic E-state index is 6.02. The van der Waals surface area contributed by atoms with Crippen molar-refractivity contribution >= 4 is 11.6 Å². The molecule has 1 unspecified atom stereocenters. The normalized spacial score (nSPS) is 22.1. The highest BCUT2D eigenvalue weighted by Gasteiger charge is 2.15. The predicted molar refractivity (Wildman–Crippen MR) is 52.9 cm³/mol. The second kappa shape index (κ2) is 4.09. The molecule has 1 fully saturated rings. The lowest BCUT2D eigenvalue weighted by molar-refractivity contribution is 0.102. The number of hydrogen-bond acceptors (Lipinski definition) is 2. The van der Waals surface area contributed by atoms with Crippen LogP contribution in [0.2, 0.25) is 5.02 Å². The van der Waals surface area contributed by atoms with Crippen LogP contribution in [0.25, 0.3) is 0 Å². The van der Waals surface area contributed by atoms with E-state index in [1.54, 1.807) is 0 Å². The molecule has 2 nitrogen and oxygen atoms in total. The highest BCUT2D eigenvalue weighted by molar-refractivity contribution is 6.31. The first-order chi connectivity index (χ1) is 6.36. The Morgan fingerprint density at radius 3 is 3.00 bits per heavy atom. The number of nitrogens with one attached hydrogen (secondary N) is 1. The molecule has 1 aromatic carbocycles. The Bertz CT molecular complexity index is 284. The Kier molecular flexibility index (Phi) is 2.83. The van der Waals surface area contributed by atoms with E-state index < -0.39 is 0 Å². The molecule has 1 aliphatic rings. The predicted octanol–water partition coefficient (Wildman–Crippen LogP) is 1.83.